The van der Waals surface area contributed by atoms with Gasteiger partial charge in [0.25, 0.3) is 5.91 Å². The van der Waals surface area contributed by atoms with E-state index in [1.807, 2.05) is 4.57 Å². The number of benzene rings is 1. The molecule has 2 aliphatic carbocycles. The molecule has 0 radical (unpaired) electrons. The van der Waals surface area contributed by atoms with E-state index in [9.17, 15) is 14.3 Å². The van der Waals surface area contributed by atoms with Crippen molar-refractivity contribution in [3.8, 4) is 34.7 Å². The molecule has 0 unspecified atom stereocenters. The lowest BCUT2D eigenvalue weighted by Gasteiger charge is -2.35. The molecule has 7 rings (SSSR count). The van der Waals surface area contributed by atoms with Gasteiger partial charge in [-0.15, -0.1) is 0 Å². The summed E-state index contributed by atoms with van der Waals surface area (Å²) >= 11 is 0. The second kappa shape index (κ2) is 6.75. The van der Waals surface area contributed by atoms with Gasteiger partial charge in [-0.05, 0) is 63.1 Å². The Hall–Kier alpha value is -3.51. The summed E-state index contributed by atoms with van der Waals surface area (Å²) in [6.45, 7) is 3.09. The summed E-state index contributed by atoms with van der Waals surface area (Å²) in [7, 11) is 0. The first-order valence-corrected chi connectivity index (χ1v) is 11.1. The number of amides is 1. The zero-order valence-electron chi connectivity index (χ0n) is 18.3. The Labute approximate surface area is 189 Å². The standard InChI is InChI=1S/C24H23FN6O2/c1-24(2,33)6-5-12-9-16-15(10-17(12)25)13-7-14(8-13)31-19(18(20(26)32)27-23(16)31)22-28-21(29-30-22)11-3-4-11/h9-11,13-14,33H,3-4,7-8H2,1-2H3,(H2,26,32)(H,28,29,30). The number of nitrogens with one attached hydrogen (secondary N) is 1. The molecule has 2 saturated carbocycles. The largest absolute Gasteiger partial charge is 0.378 e. The number of nitrogens with two attached hydrogens (primary N) is 1. The Balaban J connectivity index is 1.57. The maximum Gasteiger partial charge on any atom is 0.269 e. The highest BCUT2D eigenvalue weighted by atomic mass is 19.1. The highest BCUT2D eigenvalue weighted by molar-refractivity contribution is 5.97. The van der Waals surface area contributed by atoms with Gasteiger partial charge in [0.1, 0.15) is 28.8 Å². The Morgan fingerprint density at radius 2 is 2.03 bits per heavy atom. The second-order valence-electron chi connectivity index (χ2n) is 9.74. The van der Waals surface area contributed by atoms with Gasteiger partial charge in [0.15, 0.2) is 11.5 Å². The molecule has 2 aromatic heterocycles. The molecular weight excluding hydrogens is 423 g/mol. The Bertz CT molecular complexity index is 1380. The van der Waals surface area contributed by atoms with E-state index in [2.05, 4.69) is 32.0 Å². The van der Waals surface area contributed by atoms with Crippen molar-refractivity contribution in [3.63, 3.8) is 0 Å². The van der Waals surface area contributed by atoms with Crippen LogP contribution >= 0.6 is 0 Å². The summed E-state index contributed by atoms with van der Waals surface area (Å²) in [5, 5.41) is 17.3. The number of primary amides is 1. The van der Waals surface area contributed by atoms with Gasteiger partial charge < -0.3 is 15.4 Å². The van der Waals surface area contributed by atoms with Gasteiger partial charge in [0.05, 0.1) is 5.56 Å². The fourth-order valence-corrected chi connectivity index (χ4v) is 4.77. The molecule has 2 bridgehead atoms. The van der Waals surface area contributed by atoms with Crippen molar-refractivity contribution in [3.05, 3.63) is 40.6 Å². The van der Waals surface area contributed by atoms with E-state index in [1.54, 1.807) is 19.9 Å². The number of hydrogen-bond acceptors (Lipinski definition) is 5. The monoisotopic (exact) mass is 446 g/mol. The number of nitrogens with zero attached hydrogens (tertiary/aromatic N) is 4. The number of H-pyrrole nitrogens is 1. The van der Waals surface area contributed by atoms with E-state index >= 15 is 0 Å². The number of aromatic nitrogens is 5. The number of aromatic amines is 1. The maximum atomic E-state index is 14.9. The highest BCUT2D eigenvalue weighted by Crippen LogP contribution is 2.54. The van der Waals surface area contributed by atoms with Crippen molar-refractivity contribution in [2.24, 2.45) is 5.73 Å². The topological polar surface area (TPSA) is 123 Å². The second-order valence-corrected chi connectivity index (χ2v) is 9.74. The molecule has 3 aromatic rings. The van der Waals surface area contributed by atoms with Crippen molar-refractivity contribution in [1.29, 1.82) is 0 Å². The van der Waals surface area contributed by atoms with Crippen LogP contribution < -0.4 is 5.73 Å². The summed E-state index contributed by atoms with van der Waals surface area (Å²) in [5.41, 5.74) is 6.81. The van der Waals surface area contributed by atoms with E-state index in [-0.39, 0.29) is 23.2 Å². The molecule has 2 aliphatic heterocycles. The van der Waals surface area contributed by atoms with Crippen LogP contribution in [-0.4, -0.2) is 41.3 Å². The molecule has 8 nitrogen and oxygen atoms in total. The third-order valence-corrected chi connectivity index (χ3v) is 6.62. The molecule has 33 heavy (non-hydrogen) atoms. The van der Waals surface area contributed by atoms with E-state index in [1.165, 1.54) is 6.07 Å². The van der Waals surface area contributed by atoms with Gasteiger partial charge >= 0.3 is 0 Å². The lowest BCUT2D eigenvalue weighted by Crippen LogP contribution is -2.24. The van der Waals surface area contributed by atoms with Crippen molar-refractivity contribution in [2.45, 2.75) is 63.0 Å². The van der Waals surface area contributed by atoms with Crippen LogP contribution in [0, 0.1) is 17.7 Å². The zero-order chi connectivity index (χ0) is 23.1. The molecule has 168 valence electrons. The highest BCUT2D eigenvalue weighted by Gasteiger charge is 2.42. The Morgan fingerprint density at radius 3 is 2.70 bits per heavy atom. The summed E-state index contributed by atoms with van der Waals surface area (Å²) in [5.74, 6) is 6.64. The summed E-state index contributed by atoms with van der Waals surface area (Å²) in [4.78, 5) is 21.7. The maximum absolute atomic E-state index is 14.9. The summed E-state index contributed by atoms with van der Waals surface area (Å²) < 4.78 is 16.9. The van der Waals surface area contributed by atoms with Crippen LogP contribution in [0.3, 0.4) is 0 Å². The zero-order valence-corrected chi connectivity index (χ0v) is 18.3. The SMILES string of the molecule is CC(C)(O)C#Cc1cc2c(cc1F)C1CC(C1)n1c-2nc(C(N)=O)c1-c1n[nH]c(C2CC2)n1. The van der Waals surface area contributed by atoms with Gasteiger partial charge in [-0.2, -0.15) is 5.10 Å². The number of aliphatic hydroxyl groups is 1. The number of hydrogen-bond donors (Lipinski definition) is 3. The molecular formula is C24H23FN6O2. The molecule has 0 saturated heterocycles. The quantitative estimate of drug-likeness (QED) is 0.534. The van der Waals surface area contributed by atoms with Crippen LogP contribution in [0.2, 0.25) is 0 Å². The summed E-state index contributed by atoms with van der Waals surface area (Å²) in [6, 6.07) is 3.26. The number of rotatable bonds is 3. The van der Waals surface area contributed by atoms with E-state index in [0.29, 0.717) is 28.8 Å². The first-order valence-electron chi connectivity index (χ1n) is 11.1. The van der Waals surface area contributed by atoms with Gasteiger partial charge in [-0.25, -0.2) is 14.4 Å². The number of carbonyl (C=O) groups is 1. The van der Waals surface area contributed by atoms with Crippen molar-refractivity contribution in [1.82, 2.24) is 24.7 Å². The number of halogens is 1. The smallest absolute Gasteiger partial charge is 0.269 e. The fourth-order valence-electron chi connectivity index (χ4n) is 4.77. The van der Waals surface area contributed by atoms with Crippen LogP contribution in [0.1, 0.15) is 84.8 Å². The van der Waals surface area contributed by atoms with Crippen LogP contribution in [0.25, 0.3) is 22.9 Å². The Kier molecular flexibility index (Phi) is 4.11. The van der Waals surface area contributed by atoms with Gasteiger partial charge in [-0.3, -0.25) is 9.89 Å². The van der Waals surface area contributed by atoms with E-state index in [4.69, 9.17) is 5.73 Å². The third kappa shape index (κ3) is 3.25. The van der Waals surface area contributed by atoms with Crippen molar-refractivity contribution < 1.29 is 14.3 Å². The molecule has 4 N–H and O–H groups in total. The lowest BCUT2D eigenvalue weighted by atomic mass is 9.75. The third-order valence-electron chi connectivity index (χ3n) is 6.62. The van der Waals surface area contributed by atoms with Crippen LogP contribution in [0.5, 0.6) is 0 Å². The summed E-state index contributed by atoms with van der Waals surface area (Å²) in [6.07, 6.45) is 3.74. The molecule has 9 heteroatoms. The van der Waals surface area contributed by atoms with E-state index < -0.39 is 17.3 Å². The number of imidazole rings is 1. The minimum atomic E-state index is -1.25. The average molecular weight is 446 g/mol. The predicted molar refractivity (Wildman–Crippen MR) is 118 cm³/mol. The minimum absolute atomic E-state index is 0.0878. The first kappa shape index (κ1) is 20.1. The van der Waals surface area contributed by atoms with Crippen LogP contribution in [0.15, 0.2) is 12.1 Å². The van der Waals surface area contributed by atoms with Crippen LogP contribution in [-0.2, 0) is 0 Å². The first-order chi connectivity index (χ1) is 15.7. The van der Waals surface area contributed by atoms with Crippen LogP contribution in [0.4, 0.5) is 4.39 Å². The normalized spacial score (nSPS) is 20.7. The lowest BCUT2D eigenvalue weighted by molar-refractivity contribution is 0.0996. The molecule has 2 fully saturated rings. The predicted octanol–water partition coefficient (Wildman–Crippen LogP) is 3.01. The van der Waals surface area contributed by atoms with E-state index in [0.717, 1.165) is 37.1 Å². The molecule has 1 aromatic carbocycles. The molecule has 0 spiro atoms. The fraction of sp³-hybridized carbons (Fsp3) is 0.417. The molecule has 1 amide bonds. The number of carbonyl (C=O) groups excluding carboxylic acids is 1. The molecule has 4 heterocycles. The van der Waals surface area contributed by atoms with Gasteiger partial charge in [0, 0.05) is 17.5 Å². The van der Waals surface area contributed by atoms with Gasteiger partial charge in [0.2, 0.25) is 0 Å². The van der Waals surface area contributed by atoms with Gasteiger partial charge in [-0.1, -0.05) is 11.8 Å². The molecule has 4 aliphatic rings. The average Bonchev–Trinajstić information content (AvgIpc) is 3.37. The Morgan fingerprint density at radius 1 is 1.27 bits per heavy atom. The minimum Gasteiger partial charge on any atom is -0.378 e. The van der Waals surface area contributed by atoms with Crippen molar-refractivity contribution in [2.75, 3.05) is 0 Å². The van der Waals surface area contributed by atoms with Crippen molar-refractivity contribution >= 4 is 5.91 Å². The molecule has 0 atom stereocenters.